The predicted molar refractivity (Wildman–Crippen MR) is 216 cm³/mol. The number of fused-ring (bicyclic) bond motifs is 1. The molecule has 7 atom stereocenters. The zero-order chi connectivity index (χ0) is 41.9. The van der Waals surface area contributed by atoms with E-state index in [4.69, 9.17) is 5.73 Å². The molecular formula is C42H56N8O8. The Labute approximate surface area is 338 Å². The first-order valence-electron chi connectivity index (χ1n) is 20.2. The molecule has 5 rings (SSSR count). The molecule has 6 amide bonds. The van der Waals surface area contributed by atoms with Crippen LogP contribution in [0, 0.1) is 0 Å². The van der Waals surface area contributed by atoms with Crippen LogP contribution in [0.25, 0.3) is 10.9 Å². The van der Waals surface area contributed by atoms with Crippen molar-refractivity contribution in [1.29, 1.82) is 0 Å². The Morgan fingerprint density at radius 1 is 0.776 bits per heavy atom. The average molecular weight is 801 g/mol. The number of carbonyl (C=O) groups excluding carboxylic acids is 6. The maximum absolute atomic E-state index is 14.6. The van der Waals surface area contributed by atoms with Crippen LogP contribution in [0.5, 0.6) is 0 Å². The van der Waals surface area contributed by atoms with E-state index in [1.165, 1.54) is 23.6 Å². The number of aromatic amines is 1. The number of nitrogens with one attached hydrogen (secondary N) is 5. The number of H-pyrrole nitrogens is 1. The number of hydrogen-bond acceptors (Lipinski definition) is 8. The number of unbranched alkanes of at least 4 members (excludes halogenated alkanes) is 1. The van der Waals surface area contributed by atoms with Crippen LogP contribution in [0.4, 0.5) is 0 Å². The summed E-state index contributed by atoms with van der Waals surface area (Å²) in [7, 11) is 0. The lowest BCUT2D eigenvalue weighted by molar-refractivity contribution is -0.148. The molecule has 2 aliphatic rings. The smallest absolute Gasteiger partial charge is 0.326 e. The minimum atomic E-state index is -1.18. The first-order valence-corrected chi connectivity index (χ1v) is 20.2. The summed E-state index contributed by atoms with van der Waals surface area (Å²) in [6, 6.07) is 9.55. The van der Waals surface area contributed by atoms with E-state index >= 15 is 0 Å². The van der Waals surface area contributed by atoms with Crippen molar-refractivity contribution in [2.24, 2.45) is 5.73 Å². The lowest BCUT2D eigenvalue weighted by atomic mass is 10.0. The van der Waals surface area contributed by atoms with Crippen LogP contribution >= 0.6 is 0 Å². The fraction of sp³-hybridized carbons (Fsp3) is 0.500. The summed E-state index contributed by atoms with van der Waals surface area (Å²) in [5.74, 6) is -4.38. The van der Waals surface area contributed by atoms with Crippen molar-refractivity contribution in [1.82, 2.24) is 36.1 Å². The van der Waals surface area contributed by atoms with Crippen LogP contribution in [0.15, 0.2) is 60.8 Å². The molecule has 2 saturated heterocycles. The van der Waals surface area contributed by atoms with Gasteiger partial charge < -0.3 is 46.9 Å². The lowest BCUT2D eigenvalue weighted by Gasteiger charge is -2.33. The summed E-state index contributed by atoms with van der Waals surface area (Å²) in [6.07, 6.45) is 5.30. The summed E-state index contributed by atoms with van der Waals surface area (Å²) in [6.45, 7) is 5.42. The molecule has 3 aromatic rings. The standard InChI is InChI=1S/C42H56N8O8/c1-4-5-16-31(42(57)58)46-39(54)34-18-11-20-49(34)41(56)35-19-12-21-50(35)40(55)33(22-27-13-7-6-8-14-27)48-38(53)32(47-37(52)26(3)45-36(51)25(2)43)23-28-24-44-30-17-10-9-15-29(28)30/h6-10,13-15,17,24-26,31-35,44H,4-5,11-12,16,18-23,43H2,1-3H3,(H,45,51)(H,46,54)(H,47,52)(H,48,53)(H,57,58)/t25-,26-,31-,32+,33-,34-,35+/m0/s1. The van der Waals surface area contributed by atoms with Crippen molar-refractivity contribution in [2.45, 2.75) is 121 Å². The second-order valence-electron chi connectivity index (χ2n) is 15.3. The van der Waals surface area contributed by atoms with Crippen molar-refractivity contribution in [3.63, 3.8) is 0 Å². The highest BCUT2D eigenvalue weighted by atomic mass is 16.4. The van der Waals surface area contributed by atoms with Gasteiger partial charge in [-0.15, -0.1) is 0 Å². The summed E-state index contributed by atoms with van der Waals surface area (Å²) in [5, 5.41) is 21.4. The van der Waals surface area contributed by atoms with E-state index < -0.39 is 83.7 Å². The number of rotatable bonds is 18. The van der Waals surface area contributed by atoms with Crippen molar-refractivity contribution in [3.8, 4) is 0 Å². The molecule has 16 nitrogen and oxygen atoms in total. The van der Waals surface area contributed by atoms with Gasteiger partial charge in [-0.3, -0.25) is 28.8 Å². The molecule has 2 fully saturated rings. The second kappa shape index (κ2) is 20.1. The fourth-order valence-electron chi connectivity index (χ4n) is 7.67. The van der Waals surface area contributed by atoms with Crippen LogP contribution in [-0.4, -0.2) is 117 Å². The number of benzene rings is 2. The summed E-state index contributed by atoms with van der Waals surface area (Å²) in [5.41, 5.74) is 8.01. The van der Waals surface area contributed by atoms with Crippen LogP contribution in [-0.2, 0) is 46.4 Å². The molecule has 0 radical (unpaired) electrons. The molecule has 312 valence electrons. The highest BCUT2D eigenvalue weighted by molar-refractivity contribution is 5.98. The minimum Gasteiger partial charge on any atom is -0.480 e. The zero-order valence-corrected chi connectivity index (χ0v) is 33.4. The van der Waals surface area contributed by atoms with E-state index in [-0.39, 0.29) is 32.4 Å². The van der Waals surface area contributed by atoms with Crippen molar-refractivity contribution >= 4 is 52.3 Å². The topological polar surface area (TPSA) is 236 Å². The Balaban J connectivity index is 1.38. The normalized spacial score (nSPS) is 19.1. The number of nitrogens with zero attached hydrogens (tertiary/aromatic N) is 2. The van der Waals surface area contributed by atoms with E-state index in [9.17, 15) is 38.7 Å². The van der Waals surface area contributed by atoms with Gasteiger partial charge in [0, 0.05) is 43.0 Å². The van der Waals surface area contributed by atoms with Gasteiger partial charge in [-0.2, -0.15) is 0 Å². The summed E-state index contributed by atoms with van der Waals surface area (Å²) >= 11 is 0. The second-order valence-corrected chi connectivity index (χ2v) is 15.3. The van der Waals surface area contributed by atoms with Gasteiger partial charge in [0.2, 0.25) is 35.4 Å². The number of para-hydroxylation sites is 1. The Morgan fingerprint density at radius 3 is 2.12 bits per heavy atom. The van der Waals surface area contributed by atoms with E-state index in [1.54, 1.807) is 6.20 Å². The van der Waals surface area contributed by atoms with Crippen LogP contribution < -0.4 is 27.0 Å². The molecule has 58 heavy (non-hydrogen) atoms. The molecule has 2 aromatic carbocycles. The minimum absolute atomic E-state index is 0.0478. The lowest BCUT2D eigenvalue weighted by Crippen LogP contribution is -2.60. The molecule has 2 aliphatic heterocycles. The van der Waals surface area contributed by atoms with Gasteiger partial charge in [-0.25, -0.2) is 4.79 Å². The molecular weight excluding hydrogens is 745 g/mol. The zero-order valence-electron chi connectivity index (χ0n) is 33.4. The largest absolute Gasteiger partial charge is 0.480 e. The number of amides is 6. The van der Waals surface area contributed by atoms with Crippen LogP contribution in [0.1, 0.15) is 76.8 Å². The molecule has 0 unspecified atom stereocenters. The highest BCUT2D eigenvalue weighted by Crippen LogP contribution is 2.27. The molecule has 16 heteroatoms. The quantitative estimate of drug-likeness (QED) is 0.0987. The van der Waals surface area contributed by atoms with Gasteiger partial charge in [0.05, 0.1) is 6.04 Å². The Morgan fingerprint density at radius 2 is 1.43 bits per heavy atom. The number of aromatic nitrogens is 1. The summed E-state index contributed by atoms with van der Waals surface area (Å²) < 4.78 is 0. The number of carboxylic acids is 1. The van der Waals surface area contributed by atoms with Crippen LogP contribution in [0.3, 0.4) is 0 Å². The number of aliphatic carboxylic acids is 1. The molecule has 3 heterocycles. The molecule has 0 bridgehead atoms. The Kier molecular flexibility index (Phi) is 15.0. The summed E-state index contributed by atoms with van der Waals surface area (Å²) in [4.78, 5) is 100. The molecule has 8 N–H and O–H groups in total. The number of likely N-dealkylation sites (tertiary alicyclic amines) is 2. The van der Waals surface area contributed by atoms with Crippen molar-refractivity contribution in [2.75, 3.05) is 13.1 Å². The van der Waals surface area contributed by atoms with Crippen molar-refractivity contribution in [3.05, 3.63) is 71.9 Å². The average Bonchev–Trinajstić information content (AvgIpc) is 3.99. The van der Waals surface area contributed by atoms with Crippen LogP contribution in [0.2, 0.25) is 0 Å². The van der Waals surface area contributed by atoms with E-state index in [1.807, 2.05) is 61.5 Å². The predicted octanol–water partition coefficient (Wildman–Crippen LogP) is 1.52. The fourth-order valence-corrected chi connectivity index (χ4v) is 7.67. The van der Waals surface area contributed by atoms with Gasteiger partial charge in [0.15, 0.2) is 0 Å². The monoisotopic (exact) mass is 800 g/mol. The molecule has 1 aromatic heterocycles. The van der Waals surface area contributed by atoms with Gasteiger partial charge in [-0.05, 0) is 63.1 Å². The Hall–Kier alpha value is -5.77. The maximum Gasteiger partial charge on any atom is 0.326 e. The highest BCUT2D eigenvalue weighted by Gasteiger charge is 2.44. The third-order valence-electron chi connectivity index (χ3n) is 10.9. The Bertz CT molecular complexity index is 1950. The third kappa shape index (κ3) is 10.8. The van der Waals surface area contributed by atoms with Gasteiger partial charge in [-0.1, -0.05) is 68.3 Å². The van der Waals surface area contributed by atoms with E-state index in [2.05, 4.69) is 26.3 Å². The maximum atomic E-state index is 14.6. The van der Waals surface area contributed by atoms with Gasteiger partial charge in [0.25, 0.3) is 0 Å². The van der Waals surface area contributed by atoms with Gasteiger partial charge >= 0.3 is 5.97 Å². The number of carboxylic acid groups (broad SMARTS) is 1. The third-order valence-corrected chi connectivity index (χ3v) is 10.9. The molecule has 0 saturated carbocycles. The molecule has 0 spiro atoms. The number of carbonyl (C=O) groups is 7. The van der Waals surface area contributed by atoms with E-state index in [0.717, 1.165) is 28.5 Å². The number of hydrogen-bond donors (Lipinski definition) is 7. The van der Waals surface area contributed by atoms with Crippen molar-refractivity contribution < 1.29 is 38.7 Å². The molecule has 0 aliphatic carbocycles. The first kappa shape index (κ1) is 43.4. The van der Waals surface area contributed by atoms with Gasteiger partial charge in [0.1, 0.15) is 36.3 Å². The van der Waals surface area contributed by atoms with E-state index in [0.29, 0.717) is 32.1 Å². The first-order chi connectivity index (χ1) is 27.8. The SMILES string of the molecule is CCCC[C@H](NC(=O)[C@@H]1CCCN1C(=O)[C@H]1CCCN1C(=O)[C@H](Cc1ccccc1)NC(=O)[C@@H](Cc1c[nH]c2ccccc12)NC(=O)[C@H](C)NC(=O)[C@H](C)N)C(=O)O. The number of nitrogens with two attached hydrogens (primary N) is 1.